The summed E-state index contributed by atoms with van der Waals surface area (Å²) in [5.74, 6) is -1.28. The summed E-state index contributed by atoms with van der Waals surface area (Å²) in [6, 6.07) is 5.23. The van der Waals surface area contributed by atoms with Crippen molar-refractivity contribution >= 4 is 11.8 Å². The van der Waals surface area contributed by atoms with Crippen LogP contribution in [0, 0.1) is 12.7 Å². The van der Waals surface area contributed by atoms with Crippen LogP contribution < -0.4 is 15.8 Å². The second kappa shape index (κ2) is 9.13. The van der Waals surface area contributed by atoms with Gasteiger partial charge >= 0.3 is 5.97 Å². The number of nitrogens with one attached hydrogen (secondary N) is 1. The van der Waals surface area contributed by atoms with Crippen LogP contribution in [0.2, 0.25) is 0 Å². The number of aromatic nitrogens is 3. The Bertz CT molecular complexity index is 1110. The molecule has 3 rings (SSSR count). The Morgan fingerprint density at radius 2 is 2.13 bits per heavy atom. The van der Waals surface area contributed by atoms with Crippen LogP contribution in [0.25, 0.3) is 11.1 Å². The highest BCUT2D eigenvalue weighted by Crippen LogP contribution is 2.34. The minimum Gasteiger partial charge on any atom is -0.482 e. The first-order valence-corrected chi connectivity index (χ1v) is 9.91. The predicted molar refractivity (Wildman–Crippen MR) is 115 cm³/mol. The van der Waals surface area contributed by atoms with E-state index in [0.29, 0.717) is 6.54 Å². The number of nitrogens with zero attached hydrogens (tertiary/aromatic N) is 3. The van der Waals surface area contributed by atoms with Crippen molar-refractivity contribution in [1.82, 2.24) is 20.1 Å². The zero-order valence-electron chi connectivity index (χ0n) is 17.9. The summed E-state index contributed by atoms with van der Waals surface area (Å²) in [4.78, 5) is 15.8. The van der Waals surface area contributed by atoms with E-state index in [1.54, 1.807) is 19.2 Å². The number of aromatic carboxylic acids is 1. The van der Waals surface area contributed by atoms with Crippen LogP contribution in [0.4, 0.5) is 10.2 Å². The van der Waals surface area contributed by atoms with Crippen LogP contribution in [0.3, 0.4) is 0 Å². The Morgan fingerprint density at radius 1 is 1.39 bits per heavy atom. The molecule has 8 nitrogen and oxygen atoms in total. The molecule has 0 radical (unpaired) electrons. The molecule has 0 spiro atoms. The van der Waals surface area contributed by atoms with E-state index in [4.69, 9.17) is 10.5 Å². The van der Waals surface area contributed by atoms with E-state index in [9.17, 15) is 14.3 Å². The molecular weight excluding hydrogens is 401 g/mol. The number of aryl methyl sites for hydroxylation is 2. The van der Waals surface area contributed by atoms with Gasteiger partial charge in [-0.1, -0.05) is 6.92 Å². The van der Waals surface area contributed by atoms with Gasteiger partial charge in [-0.15, -0.1) is 0 Å². The van der Waals surface area contributed by atoms with Gasteiger partial charge in [0.15, 0.2) is 11.6 Å². The maximum absolute atomic E-state index is 13.8. The lowest BCUT2D eigenvalue weighted by Gasteiger charge is -2.19. The third kappa shape index (κ3) is 4.66. The average Bonchev–Trinajstić information content (AvgIpc) is 3.00. The van der Waals surface area contributed by atoms with Crippen molar-refractivity contribution in [2.24, 2.45) is 7.05 Å². The second-order valence-corrected chi connectivity index (χ2v) is 7.22. The number of hydrogen-bond donors (Lipinski definition) is 3. The normalized spacial score (nSPS) is 12.0. The zero-order chi connectivity index (χ0) is 22.7. The average molecular weight is 427 g/mol. The standard InChI is InChI=1S/C22H26FN5O3/c1-5-25-11-18-20(12(2)27-28(18)4)14-8-19(21(24)26-10-14)31-13(3)17-9-15(23)6-7-16(17)22(29)30/h6-10,13,25H,5,11H2,1-4H3,(H2,24,26)(H,29,30). The predicted octanol–water partition coefficient (Wildman–Crippen LogP) is 3.46. The number of hydrogen-bond acceptors (Lipinski definition) is 6. The van der Waals surface area contributed by atoms with E-state index in [1.807, 2.05) is 25.6 Å². The van der Waals surface area contributed by atoms with E-state index in [1.165, 1.54) is 6.07 Å². The third-order valence-corrected chi connectivity index (χ3v) is 5.04. The molecule has 2 heterocycles. The molecule has 1 aromatic carbocycles. The monoisotopic (exact) mass is 427 g/mol. The van der Waals surface area contributed by atoms with E-state index >= 15 is 0 Å². The number of anilines is 1. The van der Waals surface area contributed by atoms with Gasteiger partial charge in [0.25, 0.3) is 0 Å². The molecule has 1 unspecified atom stereocenters. The number of rotatable bonds is 8. The lowest BCUT2D eigenvalue weighted by molar-refractivity contribution is 0.0691. The first kappa shape index (κ1) is 22.2. The van der Waals surface area contributed by atoms with Gasteiger partial charge in [-0.3, -0.25) is 4.68 Å². The van der Waals surface area contributed by atoms with Crippen LogP contribution in [-0.4, -0.2) is 32.4 Å². The van der Waals surface area contributed by atoms with Crippen LogP contribution in [0.1, 0.15) is 47.3 Å². The Kier molecular flexibility index (Phi) is 6.55. The summed E-state index contributed by atoms with van der Waals surface area (Å²) < 4.78 is 21.5. The Labute approximate surface area is 179 Å². The quantitative estimate of drug-likeness (QED) is 0.504. The highest BCUT2D eigenvalue weighted by molar-refractivity contribution is 5.89. The maximum Gasteiger partial charge on any atom is 0.336 e. The molecular formula is C22H26FN5O3. The number of carboxylic acids is 1. The molecule has 1 atom stereocenters. The maximum atomic E-state index is 13.8. The number of carboxylic acid groups (broad SMARTS) is 1. The van der Waals surface area contributed by atoms with Crippen molar-refractivity contribution in [3.63, 3.8) is 0 Å². The highest BCUT2D eigenvalue weighted by atomic mass is 19.1. The smallest absolute Gasteiger partial charge is 0.336 e. The second-order valence-electron chi connectivity index (χ2n) is 7.22. The SMILES string of the molecule is CCNCc1c(-c2cnc(N)c(OC(C)c3cc(F)ccc3C(=O)O)c2)c(C)nn1C. The molecule has 0 aliphatic heterocycles. The van der Waals surface area contributed by atoms with E-state index < -0.39 is 17.9 Å². The molecule has 9 heteroatoms. The molecule has 0 fully saturated rings. The molecule has 0 bridgehead atoms. The van der Waals surface area contributed by atoms with Crippen molar-refractivity contribution in [3.8, 4) is 16.9 Å². The summed E-state index contributed by atoms with van der Waals surface area (Å²) in [6.07, 6.45) is 0.884. The summed E-state index contributed by atoms with van der Waals surface area (Å²) in [5.41, 5.74) is 9.71. The van der Waals surface area contributed by atoms with Gasteiger partial charge in [0.2, 0.25) is 0 Å². The number of benzene rings is 1. The Hall–Kier alpha value is -3.46. The van der Waals surface area contributed by atoms with Gasteiger partial charge in [-0.25, -0.2) is 14.2 Å². The van der Waals surface area contributed by atoms with Gasteiger partial charge in [0.05, 0.1) is 17.0 Å². The Balaban J connectivity index is 1.99. The lowest BCUT2D eigenvalue weighted by Crippen LogP contribution is -2.15. The molecule has 31 heavy (non-hydrogen) atoms. The first-order chi connectivity index (χ1) is 14.7. The molecule has 3 aromatic rings. The fraction of sp³-hybridized carbons (Fsp3) is 0.318. The molecule has 0 aliphatic rings. The number of pyridine rings is 1. The summed E-state index contributed by atoms with van der Waals surface area (Å²) in [7, 11) is 1.88. The van der Waals surface area contributed by atoms with Gasteiger partial charge in [0.1, 0.15) is 11.9 Å². The van der Waals surface area contributed by atoms with Crippen LogP contribution in [0.15, 0.2) is 30.5 Å². The van der Waals surface area contributed by atoms with Crippen LogP contribution in [-0.2, 0) is 13.6 Å². The minimum atomic E-state index is -1.16. The third-order valence-electron chi connectivity index (χ3n) is 5.04. The van der Waals surface area contributed by atoms with E-state index in [2.05, 4.69) is 15.4 Å². The molecule has 2 aromatic heterocycles. The van der Waals surface area contributed by atoms with Gasteiger partial charge in [-0.05, 0) is 44.7 Å². The van der Waals surface area contributed by atoms with Crippen molar-refractivity contribution in [2.75, 3.05) is 12.3 Å². The molecule has 0 saturated heterocycles. The van der Waals surface area contributed by atoms with Crippen molar-refractivity contribution < 1.29 is 19.0 Å². The van der Waals surface area contributed by atoms with Crippen molar-refractivity contribution in [1.29, 1.82) is 0 Å². The number of ether oxygens (including phenoxy) is 1. The summed E-state index contributed by atoms with van der Waals surface area (Å²) in [5, 5.41) is 17.2. The summed E-state index contributed by atoms with van der Waals surface area (Å²) >= 11 is 0. The van der Waals surface area contributed by atoms with Gasteiger partial charge in [0, 0.05) is 36.5 Å². The number of halogens is 1. The largest absolute Gasteiger partial charge is 0.482 e. The molecule has 0 saturated carbocycles. The fourth-order valence-electron chi connectivity index (χ4n) is 3.53. The van der Waals surface area contributed by atoms with Gasteiger partial charge in [-0.2, -0.15) is 5.10 Å². The van der Waals surface area contributed by atoms with E-state index in [-0.39, 0.29) is 22.7 Å². The van der Waals surface area contributed by atoms with E-state index in [0.717, 1.165) is 41.2 Å². The highest BCUT2D eigenvalue weighted by Gasteiger charge is 2.21. The Morgan fingerprint density at radius 3 is 2.81 bits per heavy atom. The minimum absolute atomic E-state index is 0.0346. The van der Waals surface area contributed by atoms with Crippen LogP contribution >= 0.6 is 0 Å². The molecule has 0 aliphatic carbocycles. The first-order valence-electron chi connectivity index (χ1n) is 9.91. The van der Waals surface area contributed by atoms with Crippen molar-refractivity contribution in [3.05, 3.63) is 58.8 Å². The molecule has 4 N–H and O–H groups in total. The topological polar surface area (TPSA) is 115 Å². The number of carbonyl (C=O) groups is 1. The number of nitrogen functional groups attached to an aromatic ring is 1. The number of nitrogens with two attached hydrogens (primary N) is 1. The van der Waals surface area contributed by atoms with Gasteiger partial charge < -0.3 is 20.9 Å². The zero-order valence-corrected chi connectivity index (χ0v) is 17.9. The molecule has 0 amide bonds. The summed E-state index contributed by atoms with van der Waals surface area (Å²) in [6.45, 7) is 7.02. The fourth-order valence-corrected chi connectivity index (χ4v) is 3.53. The van der Waals surface area contributed by atoms with Crippen LogP contribution in [0.5, 0.6) is 5.75 Å². The molecule has 164 valence electrons. The van der Waals surface area contributed by atoms with Crippen molar-refractivity contribution in [2.45, 2.75) is 33.4 Å². The lowest BCUT2D eigenvalue weighted by atomic mass is 10.0.